The second-order valence-electron chi connectivity index (χ2n) is 4.19. The molecule has 2 nitrogen and oxygen atoms in total. The first-order valence-electron chi connectivity index (χ1n) is 5.98. The summed E-state index contributed by atoms with van der Waals surface area (Å²) in [5, 5.41) is 0. The third kappa shape index (κ3) is 4.21. The normalized spacial score (nSPS) is 11.1. The summed E-state index contributed by atoms with van der Waals surface area (Å²) in [7, 11) is 0. The van der Waals surface area contributed by atoms with E-state index in [1.165, 1.54) is 14.2 Å². The van der Waals surface area contributed by atoms with Gasteiger partial charge in [0.1, 0.15) is 0 Å². The Morgan fingerprint density at radius 2 is 1.83 bits per heavy atom. The van der Waals surface area contributed by atoms with E-state index in [0.717, 1.165) is 19.6 Å². The molecule has 0 amide bonds. The lowest BCUT2D eigenvalue weighted by Crippen LogP contribution is -2.28. The Labute approximate surface area is 121 Å². The summed E-state index contributed by atoms with van der Waals surface area (Å²) in [5.74, 6) is 0. The zero-order chi connectivity index (χ0) is 12.8. The molecule has 1 aromatic carbocycles. The smallest absolute Gasteiger partial charge is 0.0701 e. The van der Waals surface area contributed by atoms with Crippen molar-refractivity contribution in [3.05, 3.63) is 56.7 Å². The molecule has 96 valence electrons. The van der Waals surface area contributed by atoms with Gasteiger partial charge in [0.2, 0.25) is 0 Å². The van der Waals surface area contributed by atoms with E-state index in [-0.39, 0.29) is 0 Å². The number of hydrogen-bond donors (Lipinski definition) is 1. The minimum Gasteiger partial charge on any atom is -0.329 e. The topological polar surface area (TPSA) is 29.3 Å². The Balaban J connectivity index is 1.99. The van der Waals surface area contributed by atoms with Gasteiger partial charge in [0.25, 0.3) is 0 Å². The van der Waals surface area contributed by atoms with Gasteiger partial charge in [-0.2, -0.15) is 0 Å². The maximum absolute atomic E-state index is 5.69. The van der Waals surface area contributed by atoms with Gasteiger partial charge in [-0.1, -0.05) is 30.3 Å². The molecule has 0 atom stereocenters. The van der Waals surface area contributed by atoms with Crippen molar-refractivity contribution in [2.45, 2.75) is 13.1 Å². The van der Waals surface area contributed by atoms with Crippen molar-refractivity contribution in [2.75, 3.05) is 13.1 Å². The first kappa shape index (κ1) is 13.7. The first-order valence-corrected chi connectivity index (χ1v) is 7.59. The average Bonchev–Trinajstić information content (AvgIpc) is 2.76. The van der Waals surface area contributed by atoms with Crippen LogP contribution in [0.1, 0.15) is 10.4 Å². The minimum atomic E-state index is 0.694. The zero-order valence-electron chi connectivity index (χ0n) is 10.2. The summed E-state index contributed by atoms with van der Waals surface area (Å²) in [4.78, 5) is 3.75. The second-order valence-corrected chi connectivity index (χ2v) is 6.74. The molecule has 0 spiro atoms. The van der Waals surface area contributed by atoms with Crippen molar-refractivity contribution in [2.24, 2.45) is 5.73 Å². The number of nitrogens with zero attached hydrogens (tertiary/aromatic N) is 1. The van der Waals surface area contributed by atoms with Crippen LogP contribution in [0, 0.1) is 0 Å². The van der Waals surface area contributed by atoms with E-state index in [9.17, 15) is 0 Å². The number of benzene rings is 1. The van der Waals surface area contributed by atoms with Crippen LogP contribution >= 0.6 is 27.3 Å². The molecule has 1 aromatic heterocycles. The zero-order valence-corrected chi connectivity index (χ0v) is 12.6. The fourth-order valence-electron chi connectivity index (χ4n) is 1.90. The molecule has 0 saturated heterocycles. The third-order valence-electron chi connectivity index (χ3n) is 2.70. The molecular weight excluding hydrogens is 308 g/mol. The fraction of sp³-hybridized carbons (Fsp3) is 0.286. The minimum absolute atomic E-state index is 0.694. The summed E-state index contributed by atoms with van der Waals surface area (Å²) in [5.41, 5.74) is 7.03. The Hall–Kier alpha value is -0.680. The number of thiophene rings is 1. The van der Waals surface area contributed by atoms with Crippen LogP contribution in [0.25, 0.3) is 0 Å². The molecule has 2 N–H and O–H groups in total. The quantitative estimate of drug-likeness (QED) is 0.881. The van der Waals surface area contributed by atoms with E-state index in [0.29, 0.717) is 6.54 Å². The van der Waals surface area contributed by atoms with E-state index in [1.807, 2.05) is 6.07 Å². The Kier molecular flexibility index (Phi) is 5.38. The summed E-state index contributed by atoms with van der Waals surface area (Å²) in [6.07, 6.45) is 0. The lowest BCUT2D eigenvalue weighted by molar-refractivity contribution is 0.267. The molecule has 18 heavy (non-hydrogen) atoms. The monoisotopic (exact) mass is 324 g/mol. The van der Waals surface area contributed by atoms with Crippen LogP contribution in [0.4, 0.5) is 0 Å². The highest BCUT2D eigenvalue weighted by Crippen LogP contribution is 2.23. The fourth-order valence-corrected chi connectivity index (χ4v) is 3.42. The summed E-state index contributed by atoms with van der Waals surface area (Å²) in [6, 6.07) is 14.8. The van der Waals surface area contributed by atoms with Crippen LogP contribution in [0.3, 0.4) is 0 Å². The van der Waals surface area contributed by atoms with Gasteiger partial charge in [-0.3, -0.25) is 4.90 Å². The van der Waals surface area contributed by atoms with Crippen LogP contribution < -0.4 is 5.73 Å². The van der Waals surface area contributed by atoms with Crippen LogP contribution in [0.2, 0.25) is 0 Å². The van der Waals surface area contributed by atoms with Gasteiger partial charge in [-0.25, -0.2) is 0 Å². The summed E-state index contributed by atoms with van der Waals surface area (Å²) >= 11 is 5.29. The van der Waals surface area contributed by atoms with Crippen molar-refractivity contribution in [1.82, 2.24) is 4.90 Å². The predicted molar refractivity (Wildman–Crippen MR) is 81.6 cm³/mol. The van der Waals surface area contributed by atoms with Gasteiger partial charge >= 0.3 is 0 Å². The third-order valence-corrected chi connectivity index (χ3v) is 4.31. The second kappa shape index (κ2) is 7.04. The molecule has 0 bridgehead atoms. The van der Waals surface area contributed by atoms with Crippen molar-refractivity contribution in [1.29, 1.82) is 0 Å². The molecular formula is C14H17BrN2S. The molecule has 4 heteroatoms. The molecule has 2 rings (SSSR count). The van der Waals surface area contributed by atoms with E-state index in [2.05, 4.69) is 57.2 Å². The molecule has 0 aliphatic heterocycles. The van der Waals surface area contributed by atoms with Gasteiger partial charge in [-0.05, 0) is 33.6 Å². The lowest BCUT2D eigenvalue weighted by Gasteiger charge is -2.20. The highest BCUT2D eigenvalue weighted by molar-refractivity contribution is 9.11. The van der Waals surface area contributed by atoms with Crippen LogP contribution in [-0.4, -0.2) is 18.0 Å². The number of hydrogen-bond acceptors (Lipinski definition) is 3. The number of halogens is 1. The highest BCUT2D eigenvalue weighted by Gasteiger charge is 2.07. The van der Waals surface area contributed by atoms with Crippen LogP contribution in [-0.2, 0) is 13.1 Å². The average molecular weight is 325 g/mol. The van der Waals surface area contributed by atoms with Gasteiger partial charge < -0.3 is 5.73 Å². The van der Waals surface area contributed by atoms with Gasteiger partial charge in [0.15, 0.2) is 0 Å². The Bertz CT molecular complexity index is 470. The SMILES string of the molecule is NCCN(Cc1ccccc1)Cc1ccc(Br)s1. The standard InChI is InChI=1S/C14H17BrN2S/c15-14-7-6-13(18-14)11-17(9-8-16)10-12-4-2-1-3-5-12/h1-7H,8-11,16H2. The van der Waals surface area contributed by atoms with E-state index in [1.54, 1.807) is 11.3 Å². The summed E-state index contributed by atoms with van der Waals surface area (Å²) < 4.78 is 1.19. The maximum Gasteiger partial charge on any atom is 0.0701 e. The van der Waals surface area contributed by atoms with E-state index >= 15 is 0 Å². The molecule has 0 radical (unpaired) electrons. The highest BCUT2D eigenvalue weighted by atomic mass is 79.9. The van der Waals surface area contributed by atoms with Crippen LogP contribution in [0.15, 0.2) is 46.3 Å². The van der Waals surface area contributed by atoms with Crippen molar-refractivity contribution >= 4 is 27.3 Å². The molecule has 0 unspecified atom stereocenters. The maximum atomic E-state index is 5.69. The lowest BCUT2D eigenvalue weighted by atomic mass is 10.2. The Morgan fingerprint density at radius 3 is 2.44 bits per heavy atom. The first-order chi connectivity index (χ1) is 8.78. The van der Waals surface area contributed by atoms with Gasteiger partial charge in [0.05, 0.1) is 3.79 Å². The number of rotatable bonds is 6. The van der Waals surface area contributed by atoms with Gasteiger partial charge in [0, 0.05) is 31.1 Å². The largest absolute Gasteiger partial charge is 0.329 e. The van der Waals surface area contributed by atoms with Crippen molar-refractivity contribution in [3.8, 4) is 0 Å². The van der Waals surface area contributed by atoms with E-state index in [4.69, 9.17) is 5.73 Å². The van der Waals surface area contributed by atoms with Crippen molar-refractivity contribution in [3.63, 3.8) is 0 Å². The molecule has 0 aliphatic carbocycles. The van der Waals surface area contributed by atoms with Crippen molar-refractivity contribution < 1.29 is 0 Å². The van der Waals surface area contributed by atoms with Crippen LogP contribution in [0.5, 0.6) is 0 Å². The molecule has 0 saturated carbocycles. The molecule has 0 aliphatic rings. The molecule has 1 heterocycles. The predicted octanol–water partition coefficient (Wildman–Crippen LogP) is 3.47. The Morgan fingerprint density at radius 1 is 1.06 bits per heavy atom. The molecule has 0 fully saturated rings. The number of nitrogens with two attached hydrogens (primary N) is 1. The molecule has 2 aromatic rings. The summed E-state index contributed by atoms with van der Waals surface area (Å²) in [6.45, 7) is 3.53. The van der Waals surface area contributed by atoms with E-state index < -0.39 is 0 Å². The van der Waals surface area contributed by atoms with Gasteiger partial charge in [-0.15, -0.1) is 11.3 Å².